The molecule has 0 atom stereocenters. The monoisotopic (exact) mass is 458 g/mol. The number of anilines is 1. The average molecular weight is 459 g/mol. The topological polar surface area (TPSA) is 93.5 Å². The van der Waals surface area contributed by atoms with Crippen LogP contribution >= 0.6 is 0 Å². The number of pyridine rings is 1. The van der Waals surface area contributed by atoms with Gasteiger partial charge in [-0.2, -0.15) is 0 Å². The summed E-state index contributed by atoms with van der Waals surface area (Å²) in [6, 6.07) is 18.9. The van der Waals surface area contributed by atoms with Crippen molar-refractivity contribution in [3.8, 4) is 17.2 Å². The largest absolute Gasteiger partial charge is 0.457 e. The average Bonchev–Trinajstić information content (AvgIpc) is 3.44. The summed E-state index contributed by atoms with van der Waals surface area (Å²) in [4.78, 5) is 18.0. The van der Waals surface area contributed by atoms with E-state index >= 15 is 0 Å². The Morgan fingerprint density at radius 1 is 0.941 bits per heavy atom. The quantitative estimate of drug-likeness (QED) is 0.487. The molecule has 8 heteroatoms. The molecule has 1 aliphatic carbocycles. The molecule has 3 heterocycles. The number of aromatic nitrogens is 3. The molecule has 0 radical (unpaired) electrons. The third-order valence-electron chi connectivity index (χ3n) is 6.78. The predicted molar refractivity (Wildman–Crippen MR) is 128 cm³/mol. The van der Waals surface area contributed by atoms with Crippen molar-refractivity contribution >= 4 is 16.9 Å². The van der Waals surface area contributed by atoms with E-state index in [4.69, 9.17) is 19.9 Å². The van der Waals surface area contributed by atoms with Crippen LogP contribution in [0.1, 0.15) is 31.7 Å². The summed E-state index contributed by atoms with van der Waals surface area (Å²) in [5, 5.41) is 0. The van der Waals surface area contributed by atoms with Gasteiger partial charge in [-0.05, 0) is 55.3 Å². The van der Waals surface area contributed by atoms with Crippen molar-refractivity contribution in [3.63, 3.8) is 0 Å². The second-order valence-electron chi connectivity index (χ2n) is 8.80. The maximum Gasteiger partial charge on any atom is 0.334 e. The lowest BCUT2D eigenvalue weighted by molar-refractivity contribution is -0.181. The van der Waals surface area contributed by atoms with Crippen LogP contribution in [0.4, 0.5) is 5.82 Å². The molecule has 4 aromatic rings. The Labute approximate surface area is 196 Å². The van der Waals surface area contributed by atoms with E-state index in [9.17, 15) is 4.79 Å². The first-order valence-electron chi connectivity index (χ1n) is 11.6. The maximum absolute atomic E-state index is 13.8. The zero-order valence-corrected chi connectivity index (χ0v) is 18.7. The molecule has 2 aromatic carbocycles. The Bertz CT molecular complexity index is 1360. The predicted octanol–water partition coefficient (Wildman–Crippen LogP) is 4.42. The van der Waals surface area contributed by atoms with E-state index in [0.717, 1.165) is 36.9 Å². The lowest BCUT2D eigenvalue weighted by Gasteiger charge is -2.35. The summed E-state index contributed by atoms with van der Waals surface area (Å²) in [5.41, 5.74) is 8.28. The molecule has 174 valence electrons. The van der Waals surface area contributed by atoms with Crippen LogP contribution in [0, 0.1) is 0 Å². The molecule has 6 rings (SSSR count). The minimum atomic E-state index is -0.479. The summed E-state index contributed by atoms with van der Waals surface area (Å²) in [6.45, 7) is 1.27. The third kappa shape index (κ3) is 3.55. The van der Waals surface area contributed by atoms with Crippen molar-refractivity contribution < 1.29 is 14.2 Å². The minimum Gasteiger partial charge on any atom is -0.457 e. The Kier molecular flexibility index (Phi) is 5.12. The van der Waals surface area contributed by atoms with E-state index in [-0.39, 0.29) is 11.7 Å². The number of ether oxygens (including phenoxy) is 3. The summed E-state index contributed by atoms with van der Waals surface area (Å²) in [5.74, 6) is 1.29. The first-order chi connectivity index (χ1) is 16.6. The van der Waals surface area contributed by atoms with Crippen LogP contribution in [0.25, 0.3) is 16.7 Å². The number of benzene rings is 2. The summed E-state index contributed by atoms with van der Waals surface area (Å²) in [7, 11) is 0. The molecule has 1 spiro atoms. The highest BCUT2D eigenvalue weighted by Gasteiger charge is 2.41. The fraction of sp³-hybridized carbons (Fsp3) is 0.308. The van der Waals surface area contributed by atoms with Crippen LogP contribution in [0.3, 0.4) is 0 Å². The van der Waals surface area contributed by atoms with Gasteiger partial charge >= 0.3 is 5.69 Å². The number of para-hydroxylation sites is 1. The van der Waals surface area contributed by atoms with Gasteiger partial charge in [-0.3, -0.25) is 9.13 Å². The van der Waals surface area contributed by atoms with Crippen molar-refractivity contribution in [1.82, 2.24) is 14.1 Å². The van der Waals surface area contributed by atoms with Gasteiger partial charge in [-0.15, -0.1) is 0 Å². The molecule has 0 amide bonds. The van der Waals surface area contributed by atoms with Gasteiger partial charge in [0.1, 0.15) is 22.8 Å². The molecular formula is C26H26N4O4. The number of hydrogen-bond donors (Lipinski definition) is 1. The lowest BCUT2D eigenvalue weighted by atomic mass is 9.90. The Morgan fingerprint density at radius 2 is 1.62 bits per heavy atom. The third-order valence-corrected chi connectivity index (χ3v) is 6.78. The van der Waals surface area contributed by atoms with Gasteiger partial charge in [-0.1, -0.05) is 18.2 Å². The number of fused-ring (bicyclic) bond motifs is 1. The second-order valence-corrected chi connectivity index (χ2v) is 8.80. The van der Waals surface area contributed by atoms with Gasteiger partial charge in [0.05, 0.1) is 24.4 Å². The summed E-state index contributed by atoms with van der Waals surface area (Å²) < 4.78 is 21.2. The fourth-order valence-corrected chi connectivity index (χ4v) is 5.16. The second kappa shape index (κ2) is 8.30. The molecule has 0 bridgehead atoms. The van der Waals surface area contributed by atoms with E-state index in [1.54, 1.807) is 10.8 Å². The molecule has 2 aromatic heterocycles. The van der Waals surface area contributed by atoms with Gasteiger partial charge in [0.25, 0.3) is 0 Å². The number of rotatable bonds is 4. The van der Waals surface area contributed by atoms with E-state index in [1.807, 2.05) is 65.2 Å². The number of nitrogens with zero attached hydrogens (tertiary/aromatic N) is 3. The van der Waals surface area contributed by atoms with Gasteiger partial charge in [0, 0.05) is 25.1 Å². The molecule has 1 saturated heterocycles. The maximum atomic E-state index is 13.8. The van der Waals surface area contributed by atoms with Gasteiger partial charge in [0.2, 0.25) is 0 Å². The van der Waals surface area contributed by atoms with E-state index < -0.39 is 5.79 Å². The number of nitrogen functional groups attached to an aromatic ring is 1. The van der Waals surface area contributed by atoms with E-state index in [2.05, 4.69) is 4.98 Å². The molecule has 2 fully saturated rings. The SMILES string of the molecule is Nc1nccc2c1n(-c1ccc(Oc3ccccc3)cc1)c(=O)n2C1CCC2(CC1)OCCO2. The zero-order valence-electron chi connectivity index (χ0n) is 18.7. The Hall–Kier alpha value is -3.62. The highest BCUT2D eigenvalue weighted by molar-refractivity contribution is 5.87. The van der Waals surface area contributed by atoms with Crippen LogP contribution in [-0.2, 0) is 9.47 Å². The van der Waals surface area contributed by atoms with Crippen LogP contribution in [0.5, 0.6) is 11.5 Å². The van der Waals surface area contributed by atoms with Crippen LogP contribution in [-0.4, -0.2) is 33.1 Å². The standard InChI is InChI=1S/C26H26N4O4/c27-24-23-22(12-15-28-24)29(19-10-13-26(14-11-19)32-16-17-33-26)25(31)30(23)18-6-8-21(9-7-18)34-20-4-2-1-3-5-20/h1-9,12,15,19H,10-11,13-14,16-17H2,(H2,27,28). The molecule has 1 saturated carbocycles. The van der Waals surface area contributed by atoms with Crippen molar-refractivity contribution in [1.29, 1.82) is 0 Å². The Morgan fingerprint density at radius 3 is 2.32 bits per heavy atom. The number of imidazole rings is 1. The smallest absolute Gasteiger partial charge is 0.334 e. The van der Waals surface area contributed by atoms with Gasteiger partial charge < -0.3 is 19.9 Å². The molecule has 0 unspecified atom stereocenters. The highest BCUT2D eigenvalue weighted by atomic mass is 16.7. The first kappa shape index (κ1) is 20.9. The zero-order chi connectivity index (χ0) is 23.1. The molecule has 34 heavy (non-hydrogen) atoms. The fourth-order valence-electron chi connectivity index (χ4n) is 5.16. The van der Waals surface area contributed by atoms with E-state index in [0.29, 0.717) is 36.0 Å². The van der Waals surface area contributed by atoms with Gasteiger partial charge in [0.15, 0.2) is 5.79 Å². The molecule has 2 N–H and O–H groups in total. The first-order valence-corrected chi connectivity index (χ1v) is 11.6. The van der Waals surface area contributed by atoms with Gasteiger partial charge in [-0.25, -0.2) is 9.78 Å². The van der Waals surface area contributed by atoms with Crippen LogP contribution in [0.15, 0.2) is 71.7 Å². The van der Waals surface area contributed by atoms with Crippen molar-refractivity contribution in [2.24, 2.45) is 0 Å². The van der Waals surface area contributed by atoms with Crippen molar-refractivity contribution in [2.75, 3.05) is 18.9 Å². The molecule has 8 nitrogen and oxygen atoms in total. The van der Waals surface area contributed by atoms with Crippen molar-refractivity contribution in [3.05, 3.63) is 77.3 Å². The normalized spacial score (nSPS) is 18.0. The molecular weight excluding hydrogens is 432 g/mol. The highest BCUT2D eigenvalue weighted by Crippen LogP contribution is 2.41. The lowest BCUT2D eigenvalue weighted by Crippen LogP contribution is -2.38. The van der Waals surface area contributed by atoms with Crippen LogP contribution < -0.4 is 16.2 Å². The number of hydrogen-bond acceptors (Lipinski definition) is 6. The minimum absolute atomic E-state index is 0.0390. The summed E-state index contributed by atoms with van der Waals surface area (Å²) in [6.07, 6.45) is 4.78. The Balaban J connectivity index is 1.37. The number of nitrogens with two attached hydrogens (primary N) is 1. The molecule has 2 aliphatic rings. The van der Waals surface area contributed by atoms with E-state index in [1.165, 1.54) is 0 Å². The molecule has 1 aliphatic heterocycles. The summed E-state index contributed by atoms with van der Waals surface area (Å²) >= 11 is 0. The van der Waals surface area contributed by atoms with Crippen LogP contribution in [0.2, 0.25) is 0 Å². The van der Waals surface area contributed by atoms with Crippen molar-refractivity contribution in [2.45, 2.75) is 37.5 Å².